The summed E-state index contributed by atoms with van der Waals surface area (Å²) in [5.74, 6) is -38.3. The Labute approximate surface area is 117 Å². The predicted octanol–water partition coefficient (Wildman–Crippen LogP) is 3.38. The van der Waals surface area contributed by atoms with Crippen LogP contribution in [0.4, 0.5) is 48.3 Å². The third-order valence-electron chi connectivity index (χ3n) is 3.38. The second kappa shape index (κ2) is 3.56. The van der Waals surface area contributed by atoms with Crippen LogP contribution in [0.3, 0.4) is 0 Å². The molecule has 0 N–H and O–H groups in total. The quantitative estimate of drug-likeness (QED) is 0.370. The van der Waals surface area contributed by atoms with E-state index in [-0.39, 0.29) is 0 Å². The van der Waals surface area contributed by atoms with Crippen LogP contribution >= 0.6 is 11.6 Å². The van der Waals surface area contributed by atoms with E-state index in [4.69, 9.17) is 0 Å². The summed E-state index contributed by atoms with van der Waals surface area (Å²) in [5.41, 5.74) is -6.64. The van der Waals surface area contributed by atoms with E-state index in [2.05, 4.69) is 16.3 Å². The zero-order valence-corrected chi connectivity index (χ0v) is 10.1. The molecule has 1 aliphatic heterocycles. The zero-order chi connectivity index (χ0) is 17.8. The van der Waals surface area contributed by atoms with Gasteiger partial charge >= 0.3 is 46.3 Å². The van der Waals surface area contributed by atoms with Gasteiger partial charge in [-0.3, -0.25) is 0 Å². The lowest BCUT2D eigenvalue weighted by Gasteiger charge is -2.52. The Kier molecular flexibility index (Phi) is 2.81. The average molecular weight is 373 g/mol. The Bertz CT molecular complexity index is 560. The van der Waals surface area contributed by atoms with Gasteiger partial charge < -0.3 is 4.74 Å². The van der Waals surface area contributed by atoms with Crippen molar-refractivity contribution in [2.24, 2.45) is 0 Å². The van der Waals surface area contributed by atoms with E-state index in [1.165, 1.54) is 0 Å². The van der Waals surface area contributed by atoms with Gasteiger partial charge in [-0.25, -0.2) is 9.18 Å². The fourth-order valence-electron chi connectivity index (χ4n) is 2.10. The first-order valence-electron chi connectivity index (χ1n) is 4.88. The number of hydrogen-bond donors (Lipinski definition) is 0. The van der Waals surface area contributed by atoms with Gasteiger partial charge in [0.05, 0.1) is 0 Å². The highest BCUT2D eigenvalue weighted by molar-refractivity contribution is 6.27. The van der Waals surface area contributed by atoms with Gasteiger partial charge in [0.25, 0.3) is 0 Å². The third kappa shape index (κ3) is 1.15. The smallest absolute Gasteiger partial charge is 0.387 e. The number of esters is 1. The summed E-state index contributed by atoms with van der Waals surface area (Å²) in [7, 11) is 0. The lowest BCUT2D eigenvalue weighted by atomic mass is 9.71. The summed E-state index contributed by atoms with van der Waals surface area (Å²) >= 11 is 4.34. The van der Waals surface area contributed by atoms with E-state index in [0.29, 0.717) is 0 Å². The van der Waals surface area contributed by atoms with Crippen molar-refractivity contribution in [3.8, 4) is 0 Å². The number of carbonyl (C=O) groups excluding carboxylic acids is 1. The molecule has 2 rings (SSSR count). The second-order valence-electron chi connectivity index (χ2n) is 4.52. The lowest BCUT2D eigenvalue weighted by Crippen LogP contribution is -2.86. The van der Waals surface area contributed by atoms with Gasteiger partial charge in [-0.2, -0.15) is 43.9 Å². The molecule has 2 aliphatic rings. The van der Waals surface area contributed by atoms with Gasteiger partial charge in [0.2, 0.25) is 0 Å². The van der Waals surface area contributed by atoms with Crippen molar-refractivity contribution in [1.82, 2.24) is 0 Å². The van der Waals surface area contributed by atoms with Crippen LogP contribution in [0.15, 0.2) is 0 Å². The molecule has 1 saturated heterocycles. The molecule has 128 valence electrons. The van der Waals surface area contributed by atoms with Crippen LogP contribution in [-0.4, -0.2) is 46.3 Å². The molecule has 0 spiro atoms. The minimum absolute atomic E-state index is 2.81. The highest BCUT2D eigenvalue weighted by Crippen LogP contribution is 2.75. The van der Waals surface area contributed by atoms with E-state index in [0.717, 1.165) is 0 Å². The molecule has 0 aromatic carbocycles. The maximum Gasteiger partial charge on any atom is 0.387 e. The van der Waals surface area contributed by atoms with Gasteiger partial charge in [0.15, 0.2) is 0 Å². The van der Waals surface area contributed by atoms with Crippen molar-refractivity contribution in [2.45, 2.75) is 40.3 Å². The molecule has 0 aromatic heterocycles. The molecule has 0 radical (unpaired) electrons. The monoisotopic (exact) mass is 372 g/mol. The second-order valence-corrected chi connectivity index (χ2v) is 5.05. The summed E-state index contributed by atoms with van der Waals surface area (Å²) in [5, 5.41) is -5.75. The number of alkyl halides is 12. The highest BCUT2D eigenvalue weighted by atomic mass is 35.5. The van der Waals surface area contributed by atoms with Crippen LogP contribution in [0.2, 0.25) is 0 Å². The number of ether oxygens (including phenoxy) is 1. The van der Waals surface area contributed by atoms with Crippen LogP contribution in [0, 0.1) is 0 Å². The van der Waals surface area contributed by atoms with Crippen molar-refractivity contribution in [3.05, 3.63) is 0 Å². The molecule has 1 saturated carbocycles. The fourth-order valence-corrected chi connectivity index (χ4v) is 2.52. The normalized spacial score (nSPS) is 43.4. The Hall–Kier alpha value is -1.01. The Morgan fingerprint density at radius 1 is 0.682 bits per heavy atom. The van der Waals surface area contributed by atoms with Crippen molar-refractivity contribution in [1.29, 1.82) is 0 Å². The fraction of sp³-hybridized carbons (Fsp3) is 0.875. The Morgan fingerprint density at radius 3 is 1.45 bits per heavy atom. The molecule has 0 aromatic rings. The molecular formula is C8ClF11O2. The molecule has 2 fully saturated rings. The third-order valence-corrected chi connectivity index (χ3v) is 3.96. The van der Waals surface area contributed by atoms with Crippen molar-refractivity contribution >= 4 is 17.6 Å². The van der Waals surface area contributed by atoms with E-state index >= 15 is 0 Å². The van der Waals surface area contributed by atoms with Crippen molar-refractivity contribution < 1.29 is 57.8 Å². The first-order chi connectivity index (χ1) is 9.38. The van der Waals surface area contributed by atoms with Crippen molar-refractivity contribution in [2.75, 3.05) is 0 Å². The maximum atomic E-state index is 14.0. The van der Waals surface area contributed by atoms with Crippen LogP contribution < -0.4 is 0 Å². The Balaban J connectivity index is 2.97. The molecule has 22 heavy (non-hydrogen) atoms. The van der Waals surface area contributed by atoms with Crippen LogP contribution in [-0.2, 0) is 9.53 Å². The molecule has 0 bridgehead atoms. The van der Waals surface area contributed by atoms with E-state index in [1.807, 2.05) is 0 Å². The van der Waals surface area contributed by atoms with Gasteiger partial charge in [-0.1, -0.05) is 11.6 Å². The summed E-state index contributed by atoms with van der Waals surface area (Å²) < 4.78 is 149. The number of fused-ring (bicyclic) bond motifs is 1. The minimum atomic E-state index is -7.31. The van der Waals surface area contributed by atoms with Crippen LogP contribution in [0.1, 0.15) is 0 Å². The topological polar surface area (TPSA) is 26.3 Å². The molecule has 2 nitrogen and oxygen atoms in total. The van der Waals surface area contributed by atoms with Gasteiger partial charge in [-0.05, 0) is 0 Å². The number of carbonyl (C=O) groups is 1. The van der Waals surface area contributed by atoms with E-state index < -0.39 is 46.3 Å². The number of rotatable bonds is 0. The molecular weight excluding hydrogens is 373 g/mol. The standard InChI is InChI=1S/C8ClF11O2/c9-4-3(12,2(10,11)1(21)22-4)5(13,14)7(17,18)8(19,20)6(4,15)16. The van der Waals surface area contributed by atoms with E-state index in [9.17, 15) is 53.1 Å². The molecule has 2 unspecified atom stereocenters. The maximum absolute atomic E-state index is 14.0. The summed E-state index contributed by atoms with van der Waals surface area (Å²) in [6.45, 7) is 0. The SMILES string of the molecule is O=C1OC2(Cl)C(F)(F)C(F)(F)C(F)(F)C(F)(F)C2(F)C1(F)F. The first-order valence-corrected chi connectivity index (χ1v) is 5.26. The molecule has 2 atom stereocenters. The molecule has 14 heteroatoms. The summed E-state index contributed by atoms with van der Waals surface area (Å²) in [6, 6.07) is 0. The Morgan fingerprint density at radius 2 is 1.05 bits per heavy atom. The summed E-state index contributed by atoms with van der Waals surface area (Å²) in [4.78, 5) is 10.6. The highest BCUT2D eigenvalue weighted by Gasteiger charge is 3.07. The average Bonchev–Trinajstić information content (AvgIpc) is 2.48. The van der Waals surface area contributed by atoms with Gasteiger partial charge in [0, 0.05) is 0 Å². The molecule has 1 aliphatic carbocycles. The zero-order valence-electron chi connectivity index (χ0n) is 9.35. The minimum Gasteiger partial charge on any atom is -0.427 e. The molecule has 1 heterocycles. The van der Waals surface area contributed by atoms with Crippen molar-refractivity contribution in [3.63, 3.8) is 0 Å². The van der Waals surface area contributed by atoms with Gasteiger partial charge in [0.1, 0.15) is 0 Å². The largest absolute Gasteiger partial charge is 0.427 e. The number of hydrogen-bond acceptors (Lipinski definition) is 2. The molecule has 0 amide bonds. The van der Waals surface area contributed by atoms with E-state index in [1.54, 1.807) is 0 Å². The van der Waals surface area contributed by atoms with Gasteiger partial charge in [-0.15, -0.1) is 0 Å². The van der Waals surface area contributed by atoms with Crippen LogP contribution in [0.5, 0.6) is 0 Å². The first kappa shape index (κ1) is 17.3. The summed E-state index contributed by atoms with van der Waals surface area (Å²) in [6.07, 6.45) is 0. The lowest BCUT2D eigenvalue weighted by molar-refractivity contribution is -0.461. The number of halogens is 12. The van der Waals surface area contributed by atoms with Crippen LogP contribution in [0.25, 0.3) is 0 Å². The predicted molar refractivity (Wildman–Crippen MR) is 43.2 cm³/mol.